The molecule has 0 fully saturated rings. The summed E-state index contributed by atoms with van der Waals surface area (Å²) in [5, 5.41) is 0. The lowest BCUT2D eigenvalue weighted by Gasteiger charge is -2.11. The second-order valence-electron chi connectivity index (χ2n) is 5.00. The van der Waals surface area contributed by atoms with Gasteiger partial charge in [0.15, 0.2) is 0 Å². The first-order valence-electron chi connectivity index (χ1n) is 6.74. The van der Waals surface area contributed by atoms with Crippen LogP contribution in [0, 0.1) is 0 Å². The lowest BCUT2D eigenvalue weighted by molar-refractivity contribution is 0.597. The number of hydrogen-bond acceptors (Lipinski definition) is 2. The first-order chi connectivity index (χ1) is 10.1. The van der Waals surface area contributed by atoms with Crippen molar-refractivity contribution in [1.82, 2.24) is 0 Å². The second kappa shape index (κ2) is 5.66. The van der Waals surface area contributed by atoms with Gasteiger partial charge in [0.2, 0.25) is 0 Å². The summed E-state index contributed by atoms with van der Waals surface area (Å²) in [5.74, 6) is -0.0627. The molecule has 2 aromatic carbocycles. The smallest absolute Gasteiger partial charge is 0.204 e. The summed E-state index contributed by atoms with van der Waals surface area (Å²) in [6.07, 6.45) is 4.25. The van der Waals surface area contributed by atoms with Crippen LogP contribution in [0.15, 0.2) is 65.1 Å². The highest BCUT2D eigenvalue weighted by molar-refractivity contribution is 7.89. The van der Waals surface area contributed by atoms with E-state index in [1.54, 1.807) is 18.2 Å². The molecule has 0 N–H and O–H groups in total. The SMILES string of the molecule is O=S(=O)(Cc1ccccc1)N=C1C=Cc2ccccc2C1. The quantitative estimate of drug-likeness (QED) is 0.873. The van der Waals surface area contributed by atoms with E-state index in [1.165, 1.54) is 0 Å². The van der Waals surface area contributed by atoms with Crippen molar-refractivity contribution < 1.29 is 8.42 Å². The molecule has 3 rings (SSSR count). The Labute approximate surface area is 124 Å². The third kappa shape index (κ3) is 3.47. The zero-order valence-corrected chi connectivity index (χ0v) is 12.3. The average Bonchev–Trinajstić information content (AvgIpc) is 2.47. The van der Waals surface area contributed by atoms with Crippen molar-refractivity contribution in [3.05, 3.63) is 77.4 Å². The predicted octanol–water partition coefficient (Wildman–Crippen LogP) is 3.23. The monoisotopic (exact) mass is 297 g/mol. The fourth-order valence-corrected chi connectivity index (χ4v) is 3.52. The van der Waals surface area contributed by atoms with E-state index in [1.807, 2.05) is 48.5 Å². The molecule has 0 saturated heterocycles. The summed E-state index contributed by atoms with van der Waals surface area (Å²) >= 11 is 0. The number of allylic oxidation sites excluding steroid dienone is 1. The highest BCUT2D eigenvalue weighted by atomic mass is 32.2. The van der Waals surface area contributed by atoms with Crippen LogP contribution in [0.5, 0.6) is 0 Å². The summed E-state index contributed by atoms with van der Waals surface area (Å²) in [6.45, 7) is 0. The number of sulfonamides is 1. The molecule has 0 spiro atoms. The number of benzene rings is 2. The van der Waals surface area contributed by atoms with E-state index in [9.17, 15) is 8.42 Å². The molecule has 21 heavy (non-hydrogen) atoms. The molecule has 0 heterocycles. The molecular formula is C17H15NO2S. The van der Waals surface area contributed by atoms with E-state index in [2.05, 4.69) is 4.40 Å². The Morgan fingerprint density at radius 2 is 1.62 bits per heavy atom. The summed E-state index contributed by atoms with van der Waals surface area (Å²) < 4.78 is 28.3. The van der Waals surface area contributed by atoms with Gasteiger partial charge in [-0.2, -0.15) is 4.40 Å². The Balaban J connectivity index is 1.83. The van der Waals surface area contributed by atoms with Crippen molar-refractivity contribution in [2.75, 3.05) is 0 Å². The van der Waals surface area contributed by atoms with Crippen LogP contribution in [-0.2, 0) is 22.2 Å². The van der Waals surface area contributed by atoms with Crippen LogP contribution in [0.1, 0.15) is 16.7 Å². The molecule has 0 radical (unpaired) electrons. The molecule has 4 heteroatoms. The number of nitrogens with zero attached hydrogens (tertiary/aromatic N) is 1. The molecule has 0 saturated carbocycles. The number of hydrogen-bond donors (Lipinski definition) is 0. The van der Waals surface area contributed by atoms with E-state index in [0.29, 0.717) is 12.1 Å². The van der Waals surface area contributed by atoms with E-state index in [4.69, 9.17) is 0 Å². The van der Waals surface area contributed by atoms with Crippen LogP contribution in [0.2, 0.25) is 0 Å². The Bertz CT molecular complexity index is 806. The Hall–Kier alpha value is -2.20. The van der Waals surface area contributed by atoms with Crippen molar-refractivity contribution in [2.24, 2.45) is 4.40 Å². The largest absolute Gasteiger partial charge is 0.257 e. The first-order valence-corrected chi connectivity index (χ1v) is 8.35. The highest BCUT2D eigenvalue weighted by Crippen LogP contribution is 2.18. The Morgan fingerprint density at radius 3 is 2.43 bits per heavy atom. The van der Waals surface area contributed by atoms with Gasteiger partial charge in [0.25, 0.3) is 10.0 Å². The van der Waals surface area contributed by atoms with Crippen LogP contribution < -0.4 is 0 Å². The third-order valence-electron chi connectivity index (χ3n) is 3.33. The van der Waals surface area contributed by atoms with Gasteiger partial charge in [0, 0.05) is 6.42 Å². The fraction of sp³-hybridized carbons (Fsp3) is 0.118. The third-order valence-corrected chi connectivity index (χ3v) is 4.54. The Kier molecular flexibility index (Phi) is 3.71. The van der Waals surface area contributed by atoms with Gasteiger partial charge >= 0.3 is 0 Å². The molecule has 2 aromatic rings. The molecule has 0 unspecified atom stereocenters. The fourth-order valence-electron chi connectivity index (χ4n) is 2.36. The van der Waals surface area contributed by atoms with E-state index in [0.717, 1.165) is 16.7 Å². The maximum atomic E-state index is 12.2. The lowest BCUT2D eigenvalue weighted by atomic mass is 9.97. The lowest BCUT2D eigenvalue weighted by Crippen LogP contribution is -2.10. The van der Waals surface area contributed by atoms with Gasteiger partial charge in [-0.1, -0.05) is 60.7 Å². The second-order valence-corrected chi connectivity index (χ2v) is 6.64. The molecule has 0 amide bonds. The van der Waals surface area contributed by atoms with Crippen molar-refractivity contribution >= 4 is 21.8 Å². The van der Waals surface area contributed by atoms with E-state index < -0.39 is 10.0 Å². The van der Waals surface area contributed by atoms with Crippen molar-refractivity contribution in [3.8, 4) is 0 Å². The summed E-state index contributed by atoms with van der Waals surface area (Å²) in [5.41, 5.74) is 3.57. The molecule has 0 aromatic heterocycles. The topological polar surface area (TPSA) is 46.5 Å². The van der Waals surface area contributed by atoms with Gasteiger partial charge in [-0.3, -0.25) is 0 Å². The van der Waals surface area contributed by atoms with Crippen molar-refractivity contribution in [3.63, 3.8) is 0 Å². The van der Waals surface area contributed by atoms with Gasteiger partial charge in [0.05, 0.1) is 11.5 Å². The number of rotatable bonds is 3. The maximum absolute atomic E-state index is 12.2. The van der Waals surface area contributed by atoms with Gasteiger partial charge < -0.3 is 0 Å². The van der Waals surface area contributed by atoms with Gasteiger partial charge in [-0.05, 0) is 22.8 Å². The van der Waals surface area contributed by atoms with Crippen LogP contribution >= 0.6 is 0 Å². The van der Waals surface area contributed by atoms with Gasteiger partial charge in [-0.15, -0.1) is 0 Å². The van der Waals surface area contributed by atoms with E-state index in [-0.39, 0.29) is 5.75 Å². The highest BCUT2D eigenvalue weighted by Gasteiger charge is 2.14. The minimum absolute atomic E-state index is 0.0627. The van der Waals surface area contributed by atoms with Crippen molar-refractivity contribution in [2.45, 2.75) is 12.2 Å². The van der Waals surface area contributed by atoms with Crippen molar-refractivity contribution in [1.29, 1.82) is 0 Å². The Morgan fingerprint density at radius 1 is 0.905 bits per heavy atom. The molecule has 0 atom stereocenters. The minimum Gasteiger partial charge on any atom is -0.204 e. The molecule has 0 bridgehead atoms. The normalized spacial score (nSPS) is 15.9. The van der Waals surface area contributed by atoms with Crippen LogP contribution in [0.4, 0.5) is 0 Å². The minimum atomic E-state index is -3.50. The van der Waals surface area contributed by atoms with Gasteiger partial charge in [-0.25, -0.2) is 8.42 Å². The van der Waals surface area contributed by atoms with Crippen LogP contribution in [0.25, 0.3) is 6.08 Å². The maximum Gasteiger partial charge on any atom is 0.257 e. The molecule has 0 aliphatic heterocycles. The van der Waals surface area contributed by atoms with Crippen LogP contribution in [0.3, 0.4) is 0 Å². The molecular weight excluding hydrogens is 282 g/mol. The van der Waals surface area contributed by atoms with E-state index >= 15 is 0 Å². The summed E-state index contributed by atoms with van der Waals surface area (Å²) in [6, 6.07) is 17.0. The zero-order chi connectivity index (χ0) is 14.7. The first kappa shape index (κ1) is 13.8. The molecule has 3 nitrogen and oxygen atoms in total. The molecule has 1 aliphatic carbocycles. The molecule has 1 aliphatic rings. The number of fused-ring (bicyclic) bond motifs is 1. The zero-order valence-electron chi connectivity index (χ0n) is 11.4. The average molecular weight is 297 g/mol. The summed E-state index contributed by atoms with van der Waals surface area (Å²) in [4.78, 5) is 0. The molecule has 106 valence electrons. The predicted molar refractivity (Wildman–Crippen MR) is 85.7 cm³/mol. The standard InChI is InChI=1S/C17H15NO2S/c19-21(20,13-14-6-2-1-3-7-14)18-17-11-10-15-8-4-5-9-16(15)12-17/h1-11H,12-13H2. The van der Waals surface area contributed by atoms with Gasteiger partial charge in [0.1, 0.15) is 0 Å². The van der Waals surface area contributed by atoms with Crippen LogP contribution in [-0.4, -0.2) is 14.1 Å². The summed E-state index contributed by atoms with van der Waals surface area (Å²) in [7, 11) is -3.50.